The van der Waals surface area contributed by atoms with Gasteiger partial charge in [0.05, 0.1) is 6.29 Å². The van der Waals surface area contributed by atoms with Crippen molar-refractivity contribution in [3.63, 3.8) is 0 Å². The van der Waals surface area contributed by atoms with E-state index in [0.29, 0.717) is 32.5 Å². The number of hydrogen-bond acceptors (Lipinski definition) is 7. The molecule has 0 aromatic heterocycles. The fraction of sp³-hybridized carbons (Fsp3) is 0.941. The number of unbranched alkanes of at least 4 members (excludes halogenated alkanes) is 1. The van der Waals surface area contributed by atoms with Gasteiger partial charge in [-0.3, -0.25) is 18.8 Å². The van der Waals surface area contributed by atoms with E-state index in [-0.39, 0.29) is 19.1 Å². The summed E-state index contributed by atoms with van der Waals surface area (Å²) in [5.74, 6) is -0.937. The maximum absolute atomic E-state index is 12.9. The molecule has 12 heteroatoms. The molecule has 1 fully saturated rings. The largest absolute Gasteiger partial charge is 0.481 e. The third-order valence-electron chi connectivity index (χ3n) is 4.91. The molecule has 1 rings (SSSR count). The van der Waals surface area contributed by atoms with Gasteiger partial charge in [-0.25, -0.2) is 0 Å². The van der Waals surface area contributed by atoms with Crippen molar-refractivity contribution in [2.24, 2.45) is 0 Å². The van der Waals surface area contributed by atoms with Crippen LogP contribution in [0, 0.1) is 0 Å². The van der Waals surface area contributed by atoms with Crippen molar-refractivity contribution < 1.29 is 28.8 Å². The van der Waals surface area contributed by atoms with Crippen molar-refractivity contribution in [1.82, 2.24) is 20.9 Å². The predicted octanol–water partition coefficient (Wildman–Crippen LogP) is 0.517. The topological polar surface area (TPSA) is 151 Å². The van der Waals surface area contributed by atoms with Gasteiger partial charge in [-0.05, 0) is 51.9 Å². The Hall–Kier alpha value is -0.310. The molecule has 29 heavy (non-hydrogen) atoms. The van der Waals surface area contributed by atoms with E-state index in [1.165, 1.54) is 0 Å². The van der Waals surface area contributed by atoms with Crippen LogP contribution in [0.1, 0.15) is 38.5 Å². The molecule has 10 nitrogen and oxygen atoms in total. The van der Waals surface area contributed by atoms with Crippen LogP contribution in [0.25, 0.3) is 0 Å². The lowest BCUT2D eigenvalue weighted by Crippen LogP contribution is -2.37. The number of nitrogens with zero attached hydrogens (tertiary/aromatic N) is 1. The fourth-order valence-corrected chi connectivity index (χ4v) is 7.02. The van der Waals surface area contributed by atoms with Gasteiger partial charge in [0.25, 0.3) is 0 Å². The normalized spacial score (nSPS) is 22.8. The van der Waals surface area contributed by atoms with Crippen LogP contribution in [0.2, 0.25) is 0 Å². The summed E-state index contributed by atoms with van der Waals surface area (Å²) in [6.07, 6.45) is 2.43. The average molecular weight is 456 g/mol. The molecule has 3 unspecified atom stereocenters. The monoisotopic (exact) mass is 456 g/mol. The molecule has 0 aromatic rings. The van der Waals surface area contributed by atoms with Gasteiger partial charge >= 0.3 is 5.97 Å². The van der Waals surface area contributed by atoms with Gasteiger partial charge in [0.2, 0.25) is 15.4 Å². The van der Waals surface area contributed by atoms with Gasteiger partial charge in [0, 0.05) is 32.6 Å². The Kier molecular flexibility index (Phi) is 14.3. The summed E-state index contributed by atoms with van der Waals surface area (Å²) < 4.78 is 24.7. The molecular weight excluding hydrogens is 418 g/mol. The lowest BCUT2D eigenvalue weighted by molar-refractivity contribution is -0.137. The van der Waals surface area contributed by atoms with Crippen LogP contribution >= 0.6 is 15.4 Å². The first-order chi connectivity index (χ1) is 13.8. The maximum atomic E-state index is 12.9. The van der Waals surface area contributed by atoms with Gasteiger partial charge in [-0.15, -0.1) is 0 Å². The van der Waals surface area contributed by atoms with Crippen molar-refractivity contribution in [3.05, 3.63) is 0 Å². The van der Waals surface area contributed by atoms with Crippen LogP contribution in [0.15, 0.2) is 0 Å². The van der Waals surface area contributed by atoms with Crippen molar-refractivity contribution in [3.8, 4) is 0 Å². The van der Waals surface area contributed by atoms with E-state index in [9.17, 15) is 23.7 Å². The smallest absolute Gasteiger partial charge is 0.303 e. The number of carboxylic acid groups (broad SMARTS) is 1. The second-order valence-electron chi connectivity index (χ2n) is 7.47. The minimum atomic E-state index is -3.88. The van der Waals surface area contributed by atoms with Crippen LogP contribution in [0.3, 0.4) is 0 Å². The molecule has 0 spiro atoms. The zero-order valence-corrected chi connectivity index (χ0v) is 19.0. The van der Waals surface area contributed by atoms with Crippen molar-refractivity contribution in [2.75, 3.05) is 58.6 Å². The number of rotatable bonds is 9. The first-order valence-corrected chi connectivity index (χ1v) is 13.8. The standard InChI is InChI=1S/C17H38N4O6P2/c22-16(23)5-1-2-6-17(28(24)25)29(26,27)15-21-13-4-9-19-11-10-18-7-3-8-20-12-14-21/h17-20,28H,1-15H2,(H,22,23)(H,24,25)(H,26,27). The summed E-state index contributed by atoms with van der Waals surface area (Å²) in [6.45, 7) is 6.29. The van der Waals surface area contributed by atoms with Gasteiger partial charge in [-0.1, -0.05) is 6.42 Å². The lowest BCUT2D eigenvalue weighted by atomic mass is 10.2. The summed E-state index contributed by atoms with van der Waals surface area (Å²) in [5.41, 5.74) is 0. The van der Waals surface area contributed by atoms with Crippen LogP contribution in [0.5, 0.6) is 0 Å². The number of carboxylic acids is 1. The zero-order valence-electron chi connectivity index (χ0n) is 17.1. The summed E-state index contributed by atoms with van der Waals surface area (Å²) in [7, 11) is -7.08. The quantitative estimate of drug-likeness (QED) is 0.214. The van der Waals surface area contributed by atoms with E-state index in [0.717, 1.165) is 45.6 Å². The van der Waals surface area contributed by atoms with Gasteiger partial charge < -0.3 is 30.8 Å². The van der Waals surface area contributed by atoms with Gasteiger partial charge in [0.1, 0.15) is 5.40 Å². The number of nitrogens with one attached hydrogen (secondary N) is 3. The highest BCUT2D eigenvalue weighted by atomic mass is 31.2. The fourth-order valence-electron chi connectivity index (χ4n) is 3.31. The van der Waals surface area contributed by atoms with Gasteiger partial charge in [-0.2, -0.15) is 0 Å². The maximum Gasteiger partial charge on any atom is 0.303 e. The minimum Gasteiger partial charge on any atom is -0.481 e. The predicted molar refractivity (Wildman–Crippen MR) is 115 cm³/mol. The van der Waals surface area contributed by atoms with Gasteiger partial charge in [0.15, 0.2) is 0 Å². The molecule has 1 saturated heterocycles. The Morgan fingerprint density at radius 1 is 1.00 bits per heavy atom. The molecule has 172 valence electrons. The summed E-state index contributed by atoms with van der Waals surface area (Å²) in [5, 5.41) is 17.6. The Morgan fingerprint density at radius 2 is 1.62 bits per heavy atom. The first kappa shape index (κ1) is 26.7. The molecule has 1 aliphatic heterocycles. The van der Waals surface area contributed by atoms with E-state index in [4.69, 9.17) is 5.11 Å². The van der Waals surface area contributed by atoms with Crippen LogP contribution in [0.4, 0.5) is 0 Å². The molecule has 1 heterocycles. The second kappa shape index (κ2) is 15.5. The number of carbonyl (C=O) groups is 1. The SMILES string of the molecule is O=C(O)CCCCC([PH](=O)O)P(=O)(O)CN1CCCNCCNCCCNCC1. The average Bonchev–Trinajstić information content (AvgIpc) is 2.63. The molecule has 0 radical (unpaired) electrons. The first-order valence-electron chi connectivity index (χ1n) is 10.4. The lowest BCUT2D eigenvalue weighted by Gasteiger charge is -2.28. The molecule has 0 aromatic carbocycles. The van der Waals surface area contributed by atoms with Crippen molar-refractivity contribution in [1.29, 1.82) is 0 Å². The summed E-state index contributed by atoms with van der Waals surface area (Å²) in [4.78, 5) is 32.7. The van der Waals surface area contributed by atoms with E-state index in [1.807, 2.05) is 4.90 Å². The van der Waals surface area contributed by atoms with E-state index in [2.05, 4.69) is 16.0 Å². The molecule has 3 atom stereocenters. The molecule has 0 aliphatic carbocycles. The van der Waals surface area contributed by atoms with Crippen molar-refractivity contribution >= 4 is 21.4 Å². The highest BCUT2D eigenvalue weighted by molar-refractivity contribution is 7.69. The third-order valence-corrected chi connectivity index (χ3v) is 9.68. The molecular formula is C17H38N4O6P2. The molecule has 0 amide bonds. The molecule has 6 N–H and O–H groups in total. The molecule has 1 aliphatic rings. The summed E-state index contributed by atoms with van der Waals surface area (Å²) in [6, 6.07) is 0. The molecule has 0 saturated carbocycles. The zero-order chi connectivity index (χ0) is 21.5. The molecule has 0 bridgehead atoms. The van der Waals surface area contributed by atoms with E-state index < -0.39 is 26.8 Å². The Morgan fingerprint density at radius 3 is 2.24 bits per heavy atom. The Labute approximate surface area is 174 Å². The number of aliphatic carboxylic acids is 1. The Bertz CT molecular complexity index is 526. The van der Waals surface area contributed by atoms with Crippen LogP contribution < -0.4 is 16.0 Å². The summed E-state index contributed by atoms with van der Waals surface area (Å²) >= 11 is 0. The minimum absolute atomic E-state index is 0.0465. The second-order valence-corrected chi connectivity index (χ2v) is 11.7. The highest BCUT2D eigenvalue weighted by Gasteiger charge is 2.36. The highest BCUT2D eigenvalue weighted by Crippen LogP contribution is 2.57. The third kappa shape index (κ3) is 12.9. The van der Waals surface area contributed by atoms with Crippen LogP contribution in [-0.4, -0.2) is 89.8 Å². The van der Waals surface area contributed by atoms with E-state index >= 15 is 0 Å². The van der Waals surface area contributed by atoms with E-state index in [1.54, 1.807) is 0 Å². The van der Waals surface area contributed by atoms with Crippen molar-refractivity contribution in [2.45, 2.75) is 43.9 Å². The van der Waals surface area contributed by atoms with Crippen LogP contribution in [-0.2, 0) is 13.9 Å². The number of hydrogen-bond donors (Lipinski definition) is 6. The Balaban J connectivity index is 2.62.